The van der Waals surface area contributed by atoms with Crippen molar-refractivity contribution in [1.29, 1.82) is 0 Å². The summed E-state index contributed by atoms with van der Waals surface area (Å²) in [6.45, 7) is 18.6. The zero-order valence-corrected chi connectivity index (χ0v) is 40.8. The molecule has 0 N–H and O–H groups in total. The summed E-state index contributed by atoms with van der Waals surface area (Å²) in [5.74, 6) is 0. The SMILES string of the molecule is CC(C)(C)c1ccc(N2B3c4cc5c(cc4N(c4ccc(C(C)(C)C)cc4-c4ccccc4)c4c3c(cc3c4C(C)(C)c4ccccc4-3)-c3cc(-c4ccccc4)ccc32)oc2ccccc25)cc1. The highest BCUT2D eigenvalue weighted by Crippen LogP contribution is 2.59. The highest BCUT2D eigenvalue weighted by molar-refractivity contribution is 6.94. The topological polar surface area (TPSA) is 19.6 Å². The third kappa shape index (κ3) is 6.20. The summed E-state index contributed by atoms with van der Waals surface area (Å²) in [6.07, 6.45) is 0. The number of nitrogens with zero attached hydrogens (tertiary/aromatic N) is 2. The molecule has 3 heterocycles. The van der Waals surface area contributed by atoms with Gasteiger partial charge in [0.05, 0.1) is 5.69 Å². The van der Waals surface area contributed by atoms with Crippen LogP contribution >= 0.6 is 0 Å². The Bertz CT molecular complexity index is 3720. The first kappa shape index (κ1) is 41.6. The first-order chi connectivity index (χ1) is 33.3. The van der Waals surface area contributed by atoms with Crippen LogP contribution in [0.3, 0.4) is 0 Å². The average molecular weight is 891 g/mol. The van der Waals surface area contributed by atoms with Gasteiger partial charge in [-0.3, -0.25) is 0 Å². The first-order valence-corrected chi connectivity index (χ1v) is 24.6. The van der Waals surface area contributed by atoms with Crippen molar-refractivity contribution in [1.82, 2.24) is 0 Å². The number of benzene rings is 9. The Balaban J connectivity index is 1.22. The van der Waals surface area contributed by atoms with E-state index in [4.69, 9.17) is 4.42 Å². The van der Waals surface area contributed by atoms with Crippen LogP contribution in [-0.2, 0) is 16.2 Å². The normalized spacial score (nSPS) is 14.4. The molecule has 3 nitrogen and oxygen atoms in total. The van der Waals surface area contributed by atoms with Crippen molar-refractivity contribution in [2.45, 2.75) is 71.6 Å². The minimum absolute atomic E-state index is 0.00865. The number of hydrogen-bond acceptors (Lipinski definition) is 3. The van der Waals surface area contributed by atoms with Crippen molar-refractivity contribution in [3.05, 3.63) is 210 Å². The zero-order chi connectivity index (χ0) is 47.1. The number of anilines is 5. The van der Waals surface area contributed by atoms with E-state index in [1.807, 2.05) is 0 Å². The Morgan fingerprint density at radius 3 is 1.84 bits per heavy atom. The van der Waals surface area contributed by atoms with E-state index in [2.05, 4.69) is 253 Å². The van der Waals surface area contributed by atoms with E-state index in [-0.39, 0.29) is 23.1 Å². The van der Waals surface area contributed by atoms with Crippen LogP contribution in [0.5, 0.6) is 0 Å². The lowest BCUT2D eigenvalue weighted by Gasteiger charge is -2.48. The molecule has 1 aliphatic carbocycles. The highest BCUT2D eigenvalue weighted by Gasteiger charge is 2.51. The number of para-hydroxylation sites is 1. The van der Waals surface area contributed by atoms with Crippen LogP contribution in [0.4, 0.5) is 28.4 Å². The maximum Gasteiger partial charge on any atom is 0.333 e. The van der Waals surface area contributed by atoms with Crippen molar-refractivity contribution < 1.29 is 4.42 Å². The molecule has 0 saturated heterocycles. The van der Waals surface area contributed by atoms with Gasteiger partial charge in [-0.05, 0) is 126 Å². The predicted octanol–water partition coefficient (Wildman–Crippen LogP) is 16.5. The lowest BCUT2D eigenvalue weighted by atomic mass is 9.42. The summed E-state index contributed by atoms with van der Waals surface area (Å²) in [5, 5.41) is 2.26. The highest BCUT2D eigenvalue weighted by atomic mass is 16.3. The Kier molecular flexibility index (Phi) is 8.88. The van der Waals surface area contributed by atoms with Gasteiger partial charge in [0.25, 0.3) is 0 Å². The number of furan rings is 1. The molecular formula is C65H55BN2O. The Labute approximate surface area is 406 Å². The van der Waals surface area contributed by atoms with Crippen molar-refractivity contribution in [2.24, 2.45) is 0 Å². The first-order valence-electron chi connectivity index (χ1n) is 24.6. The van der Waals surface area contributed by atoms with Gasteiger partial charge in [0.15, 0.2) is 0 Å². The van der Waals surface area contributed by atoms with Crippen LogP contribution in [0.1, 0.15) is 77.6 Å². The molecule has 4 heteroatoms. The maximum absolute atomic E-state index is 6.89. The molecule has 0 bridgehead atoms. The fourth-order valence-electron chi connectivity index (χ4n) is 12.0. The Morgan fingerprint density at radius 1 is 0.449 bits per heavy atom. The largest absolute Gasteiger partial charge is 0.456 e. The molecule has 0 amide bonds. The van der Waals surface area contributed by atoms with E-state index in [0.717, 1.165) is 39.0 Å². The maximum atomic E-state index is 6.89. The second kappa shape index (κ2) is 14.7. The van der Waals surface area contributed by atoms with Crippen LogP contribution in [0.15, 0.2) is 192 Å². The molecule has 0 radical (unpaired) electrons. The predicted molar refractivity (Wildman–Crippen MR) is 293 cm³/mol. The fraction of sp³-hybridized carbons (Fsp3) is 0.169. The molecular weight excluding hydrogens is 836 g/mol. The van der Waals surface area contributed by atoms with Gasteiger partial charge in [-0.1, -0.05) is 189 Å². The van der Waals surface area contributed by atoms with Crippen LogP contribution < -0.4 is 20.6 Å². The van der Waals surface area contributed by atoms with E-state index in [0.29, 0.717) is 0 Å². The van der Waals surface area contributed by atoms with Crippen LogP contribution in [0, 0.1) is 0 Å². The van der Waals surface area contributed by atoms with Gasteiger partial charge in [0.1, 0.15) is 11.2 Å². The molecule has 0 atom stereocenters. The summed E-state index contributed by atoms with van der Waals surface area (Å²) in [7, 11) is 0. The number of rotatable bonds is 4. The number of hydrogen-bond donors (Lipinski definition) is 0. The second-order valence-electron chi connectivity index (χ2n) is 22.1. The molecule has 69 heavy (non-hydrogen) atoms. The minimum atomic E-state index is -0.330. The van der Waals surface area contributed by atoms with E-state index in [9.17, 15) is 0 Å². The molecule has 9 aromatic carbocycles. The monoisotopic (exact) mass is 890 g/mol. The second-order valence-corrected chi connectivity index (χ2v) is 22.1. The molecule has 0 saturated carbocycles. The summed E-state index contributed by atoms with van der Waals surface area (Å²) >= 11 is 0. The standard InChI is InChI=1S/C65H55BN2O/c1-63(2,3)43-28-31-45(32-29-43)68-56-33-27-42(40-19-11-9-12-20-40)35-49(56)52-37-51-46-23-15-17-25-53(46)65(7,8)60(51)62-61(52)66(68)54-38-50-47-24-16-18-26-58(47)69-59(50)39-57(54)67(62)55-34-30-44(64(4,5)6)36-48(55)41-21-13-10-14-22-41/h9-39H,1-8H3. The zero-order valence-electron chi connectivity index (χ0n) is 40.8. The molecule has 0 unspecified atom stereocenters. The quantitative estimate of drug-likeness (QED) is 0.164. The molecule has 0 spiro atoms. The van der Waals surface area contributed by atoms with Crippen LogP contribution in [0.2, 0.25) is 0 Å². The molecule has 0 fully saturated rings. The van der Waals surface area contributed by atoms with Gasteiger partial charge in [0, 0.05) is 56.1 Å². The number of fused-ring (bicyclic) bond motifs is 11. The molecule has 13 rings (SSSR count). The van der Waals surface area contributed by atoms with Crippen LogP contribution in [-0.4, -0.2) is 6.85 Å². The summed E-state index contributed by atoms with van der Waals surface area (Å²) in [5.41, 5.74) is 25.1. The van der Waals surface area contributed by atoms with Gasteiger partial charge in [0.2, 0.25) is 0 Å². The third-order valence-corrected chi connectivity index (χ3v) is 15.5. The van der Waals surface area contributed by atoms with Crippen LogP contribution in [0.25, 0.3) is 66.4 Å². The van der Waals surface area contributed by atoms with Gasteiger partial charge in [-0.15, -0.1) is 0 Å². The molecule has 334 valence electrons. The lowest BCUT2D eigenvalue weighted by Crippen LogP contribution is -2.62. The summed E-state index contributed by atoms with van der Waals surface area (Å²) in [6, 6.07) is 70.8. The van der Waals surface area contributed by atoms with Gasteiger partial charge >= 0.3 is 6.85 Å². The lowest BCUT2D eigenvalue weighted by molar-refractivity contribution is 0.590. The fourth-order valence-corrected chi connectivity index (χ4v) is 12.0. The van der Waals surface area contributed by atoms with Gasteiger partial charge < -0.3 is 14.1 Å². The summed E-state index contributed by atoms with van der Waals surface area (Å²) < 4.78 is 6.89. The molecule has 2 aliphatic heterocycles. The van der Waals surface area contributed by atoms with Crippen molar-refractivity contribution in [3.63, 3.8) is 0 Å². The van der Waals surface area contributed by atoms with E-state index in [1.54, 1.807) is 0 Å². The minimum Gasteiger partial charge on any atom is -0.456 e. The smallest absolute Gasteiger partial charge is 0.333 e. The summed E-state index contributed by atoms with van der Waals surface area (Å²) in [4.78, 5) is 5.32. The molecule has 10 aromatic rings. The van der Waals surface area contributed by atoms with E-state index >= 15 is 0 Å². The third-order valence-electron chi connectivity index (χ3n) is 15.5. The van der Waals surface area contributed by atoms with Crippen molar-refractivity contribution in [3.8, 4) is 44.5 Å². The van der Waals surface area contributed by atoms with Gasteiger partial charge in [-0.25, -0.2) is 0 Å². The van der Waals surface area contributed by atoms with E-state index in [1.165, 1.54) is 89.1 Å². The Hall–Kier alpha value is -7.56. The molecule has 3 aliphatic rings. The van der Waals surface area contributed by atoms with Crippen molar-refractivity contribution >= 4 is 68.1 Å². The Morgan fingerprint density at radius 2 is 1.10 bits per heavy atom. The van der Waals surface area contributed by atoms with E-state index < -0.39 is 0 Å². The van der Waals surface area contributed by atoms with Gasteiger partial charge in [-0.2, -0.15) is 0 Å². The van der Waals surface area contributed by atoms with Crippen molar-refractivity contribution in [2.75, 3.05) is 9.71 Å². The average Bonchev–Trinajstić information content (AvgIpc) is 3.83. The molecule has 1 aromatic heterocycles.